The van der Waals surface area contributed by atoms with E-state index in [4.69, 9.17) is 5.26 Å². The van der Waals surface area contributed by atoms with Gasteiger partial charge in [0.25, 0.3) is 5.91 Å². The van der Waals surface area contributed by atoms with Crippen molar-refractivity contribution in [3.05, 3.63) is 41.2 Å². The van der Waals surface area contributed by atoms with Crippen molar-refractivity contribution >= 4 is 17.8 Å². The van der Waals surface area contributed by atoms with E-state index in [1.54, 1.807) is 24.3 Å². The van der Waals surface area contributed by atoms with Crippen LogP contribution in [0.25, 0.3) is 0 Å². The highest BCUT2D eigenvalue weighted by Gasteiger charge is 2.17. The standard InChI is InChI=1S/C19H23N7O/c1-25(2)18-22-16(23-19(24-18)26-9-4-3-5-10-26)13-21-17(27)15-8-6-7-14(11-15)12-20/h6-8,11H,3-5,9-10,13H2,1-2H3,(H,21,27). The van der Waals surface area contributed by atoms with Crippen LogP contribution in [0, 0.1) is 11.3 Å². The highest BCUT2D eigenvalue weighted by atomic mass is 16.1. The average molecular weight is 365 g/mol. The predicted molar refractivity (Wildman–Crippen MR) is 103 cm³/mol. The predicted octanol–water partition coefficient (Wildman–Crippen LogP) is 1.73. The molecule has 1 amide bonds. The SMILES string of the molecule is CN(C)c1nc(CNC(=O)c2cccc(C#N)c2)nc(N2CCCCC2)n1. The van der Waals surface area contributed by atoms with Crippen LogP contribution in [0.2, 0.25) is 0 Å². The third-order valence-electron chi connectivity index (χ3n) is 4.36. The number of nitriles is 1. The molecule has 0 radical (unpaired) electrons. The van der Waals surface area contributed by atoms with Crippen molar-refractivity contribution in [3.8, 4) is 6.07 Å². The van der Waals surface area contributed by atoms with Crippen molar-refractivity contribution in [2.45, 2.75) is 25.8 Å². The summed E-state index contributed by atoms with van der Waals surface area (Å²) in [4.78, 5) is 29.9. The smallest absolute Gasteiger partial charge is 0.251 e. The molecule has 3 rings (SSSR count). The maximum absolute atomic E-state index is 12.4. The van der Waals surface area contributed by atoms with E-state index in [9.17, 15) is 4.79 Å². The summed E-state index contributed by atoms with van der Waals surface area (Å²) in [6.45, 7) is 2.06. The van der Waals surface area contributed by atoms with E-state index in [1.807, 2.05) is 25.1 Å². The van der Waals surface area contributed by atoms with Gasteiger partial charge >= 0.3 is 0 Å². The number of piperidine rings is 1. The summed E-state index contributed by atoms with van der Waals surface area (Å²) in [6, 6.07) is 8.63. The monoisotopic (exact) mass is 365 g/mol. The maximum atomic E-state index is 12.4. The molecule has 2 heterocycles. The van der Waals surface area contributed by atoms with E-state index >= 15 is 0 Å². The molecule has 1 aromatic carbocycles. The lowest BCUT2D eigenvalue weighted by Gasteiger charge is -2.27. The van der Waals surface area contributed by atoms with E-state index in [-0.39, 0.29) is 12.5 Å². The molecule has 1 saturated heterocycles. The Morgan fingerprint density at radius 2 is 2.00 bits per heavy atom. The van der Waals surface area contributed by atoms with Gasteiger partial charge in [0, 0.05) is 32.7 Å². The van der Waals surface area contributed by atoms with Crippen molar-refractivity contribution in [1.82, 2.24) is 20.3 Å². The minimum atomic E-state index is -0.265. The zero-order valence-corrected chi connectivity index (χ0v) is 15.6. The van der Waals surface area contributed by atoms with Crippen LogP contribution in [0.15, 0.2) is 24.3 Å². The summed E-state index contributed by atoms with van der Waals surface area (Å²) in [6.07, 6.45) is 3.49. The number of rotatable bonds is 5. The lowest BCUT2D eigenvalue weighted by atomic mass is 10.1. The third kappa shape index (κ3) is 4.70. The van der Waals surface area contributed by atoms with Gasteiger partial charge < -0.3 is 15.1 Å². The molecule has 0 atom stereocenters. The van der Waals surface area contributed by atoms with Crippen molar-refractivity contribution in [2.75, 3.05) is 37.0 Å². The van der Waals surface area contributed by atoms with E-state index in [0.717, 1.165) is 25.9 Å². The number of hydrogen-bond acceptors (Lipinski definition) is 7. The molecule has 1 aliphatic rings. The van der Waals surface area contributed by atoms with Gasteiger partial charge in [-0.15, -0.1) is 0 Å². The van der Waals surface area contributed by atoms with Crippen LogP contribution in [-0.4, -0.2) is 48.0 Å². The van der Waals surface area contributed by atoms with Crippen LogP contribution in [0.1, 0.15) is 41.0 Å². The second-order valence-corrected chi connectivity index (χ2v) is 6.67. The van der Waals surface area contributed by atoms with Gasteiger partial charge in [0.1, 0.15) is 0 Å². The van der Waals surface area contributed by atoms with Gasteiger partial charge in [0.15, 0.2) is 5.82 Å². The molecule has 8 heteroatoms. The Kier molecular flexibility index (Phi) is 5.81. The number of carbonyl (C=O) groups excluding carboxylic acids is 1. The number of nitrogens with one attached hydrogen (secondary N) is 1. The van der Waals surface area contributed by atoms with Crippen molar-refractivity contribution < 1.29 is 4.79 Å². The van der Waals surface area contributed by atoms with Crippen LogP contribution < -0.4 is 15.1 Å². The Labute approximate surface area is 158 Å². The zero-order chi connectivity index (χ0) is 19.2. The zero-order valence-electron chi connectivity index (χ0n) is 15.6. The molecule has 1 N–H and O–H groups in total. The first kappa shape index (κ1) is 18.6. The van der Waals surface area contributed by atoms with Crippen LogP contribution in [0.5, 0.6) is 0 Å². The average Bonchev–Trinajstić information content (AvgIpc) is 2.72. The van der Waals surface area contributed by atoms with Crippen molar-refractivity contribution in [1.29, 1.82) is 5.26 Å². The Bertz CT molecular complexity index is 853. The summed E-state index contributed by atoms with van der Waals surface area (Å²) in [5.41, 5.74) is 0.886. The van der Waals surface area contributed by atoms with E-state index in [1.165, 1.54) is 6.42 Å². The van der Waals surface area contributed by atoms with Crippen LogP contribution >= 0.6 is 0 Å². The summed E-state index contributed by atoms with van der Waals surface area (Å²) in [5.74, 6) is 1.47. The fourth-order valence-electron chi connectivity index (χ4n) is 2.90. The van der Waals surface area contributed by atoms with E-state index in [0.29, 0.717) is 28.8 Å². The first-order valence-electron chi connectivity index (χ1n) is 9.02. The molecule has 0 saturated carbocycles. The molecule has 0 bridgehead atoms. The third-order valence-corrected chi connectivity index (χ3v) is 4.36. The van der Waals surface area contributed by atoms with E-state index in [2.05, 4.69) is 25.2 Å². The quantitative estimate of drug-likeness (QED) is 0.861. The normalized spacial score (nSPS) is 13.7. The van der Waals surface area contributed by atoms with Crippen LogP contribution in [0.4, 0.5) is 11.9 Å². The lowest BCUT2D eigenvalue weighted by Crippen LogP contribution is -2.32. The molecule has 0 spiro atoms. The molecule has 0 unspecified atom stereocenters. The number of carbonyl (C=O) groups is 1. The van der Waals surface area contributed by atoms with Crippen LogP contribution in [0.3, 0.4) is 0 Å². The summed E-state index contributed by atoms with van der Waals surface area (Å²) in [7, 11) is 3.76. The summed E-state index contributed by atoms with van der Waals surface area (Å²) in [5, 5.41) is 11.8. The number of aromatic nitrogens is 3. The second kappa shape index (κ2) is 8.45. The van der Waals surface area contributed by atoms with Gasteiger partial charge in [-0.2, -0.15) is 20.2 Å². The fourth-order valence-corrected chi connectivity index (χ4v) is 2.90. The maximum Gasteiger partial charge on any atom is 0.251 e. The largest absolute Gasteiger partial charge is 0.347 e. The molecule has 1 aliphatic heterocycles. The van der Waals surface area contributed by atoms with Gasteiger partial charge in [0.05, 0.1) is 18.2 Å². The van der Waals surface area contributed by atoms with Crippen LogP contribution in [-0.2, 0) is 6.54 Å². The number of benzene rings is 1. The molecule has 1 aromatic heterocycles. The molecular weight excluding hydrogens is 342 g/mol. The van der Waals surface area contributed by atoms with Gasteiger partial charge in [0.2, 0.25) is 11.9 Å². The molecule has 27 heavy (non-hydrogen) atoms. The summed E-state index contributed by atoms with van der Waals surface area (Å²) >= 11 is 0. The Balaban J connectivity index is 1.76. The molecule has 0 aliphatic carbocycles. The Morgan fingerprint density at radius 3 is 2.70 bits per heavy atom. The second-order valence-electron chi connectivity index (χ2n) is 6.67. The van der Waals surface area contributed by atoms with Gasteiger partial charge in [-0.3, -0.25) is 4.79 Å². The molecule has 8 nitrogen and oxygen atoms in total. The van der Waals surface area contributed by atoms with Gasteiger partial charge in [-0.1, -0.05) is 6.07 Å². The molecule has 2 aromatic rings. The summed E-state index contributed by atoms with van der Waals surface area (Å²) < 4.78 is 0. The fraction of sp³-hybridized carbons (Fsp3) is 0.421. The Morgan fingerprint density at radius 1 is 1.22 bits per heavy atom. The Hall–Kier alpha value is -3.21. The highest BCUT2D eigenvalue weighted by molar-refractivity contribution is 5.94. The minimum Gasteiger partial charge on any atom is -0.347 e. The topological polar surface area (TPSA) is 98.0 Å². The van der Waals surface area contributed by atoms with Crippen molar-refractivity contribution in [3.63, 3.8) is 0 Å². The molecule has 140 valence electrons. The lowest BCUT2D eigenvalue weighted by molar-refractivity contribution is 0.0950. The number of hydrogen-bond donors (Lipinski definition) is 1. The molecule has 1 fully saturated rings. The first-order valence-corrected chi connectivity index (χ1v) is 9.02. The van der Waals surface area contributed by atoms with Gasteiger partial charge in [-0.05, 0) is 37.5 Å². The number of anilines is 2. The van der Waals surface area contributed by atoms with Crippen molar-refractivity contribution in [2.24, 2.45) is 0 Å². The first-order chi connectivity index (χ1) is 13.1. The highest BCUT2D eigenvalue weighted by Crippen LogP contribution is 2.18. The molecular formula is C19H23N7O. The van der Waals surface area contributed by atoms with E-state index < -0.39 is 0 Å². The number of nitrogens with zero attached hydrogens (tertiary/aromatic N) is 6. The number of amides is 1. The van der Waals surface area contributed by atoms with Gasteiger partial charge in [-0.25, -0.2) is 0 Å². The minimum absolute atomic E-state index is 0.194.